The SMILES string of the molecule is C[C@@H](O)[C@@H](O)[C@H](O)[C@@H](O)C(=O)CN(C)CCC=C1c2ccccc2COc2ccccc21. The van der Waals surface area contributed by atoms with Crippen LogP contribution in [0, 0.1) is 0 Å². The minimum Gasteiger partial charge on any atom is -0.488 e. The Morgan fingerprint density at radius 1 is 1.03 bits per heavy atom. The summed E-state index contributed by atoms with van der Waals surface area (Å²) in [6.45, 7) is 2.23. The molecule has 172 valence electrons. The lowest BCUT2D eigenvalue weighted by Gasteiger charge is -2.25. The van der Waals surface area contributed by atoms with E-state index in [4.69, 9.17) is 4.74 Å². The predicted octanol–water partition coefficient (Wildman–Crippen LogP) is 1.37. The first-order valence-corrected chi connectivity index (χ1v) is 10.7. The molecule has 0 bridgehead atoms. The fraction of sp³-hybridized carbons (Fsp3) is 0.400. The van der Waals surface area contributed by atoms with Gasteiger partial charge >= 0.3 is 0 Å². The second kappa shape index (κ2) is 10.8. The number of para-hydroxylation sites is 1. The zero-order valence-corrected chi connectivity index (χ0v) is 18.4. The molecule has 0 fully saturated rings. The van der Waals surface area contributed by atoms with Gasteiger partial charge in [0.15, 0.2) is 5.78 Å². The molecule has 0 aliphatic carbocycles. The molecule has 1 aliphatic heterocycles. The van der Waals surface area contributed by atoms with Gasteiger partial charge in [-0.15, -0.1) is 0 Å². The molecule has 4 atom stereocenters. The first-order chi connectivity index (χ1) is 15.3. The van der Waals surface area contributed by atoms with Crippen molar-refractivity contribution < 1.29 is 30.0 Å². The van der Waals surface area contributed by atoms with Crippen molar-refractivity contribution in [1.82, 2.24) is 4.90 Å². The van der Waals surface area contributed by atoms with Gasteiger partial charge in [0.05, 0.1) is 12.6 Å². The van der Waals surface area contributed by atoms with Crippen molar-refractivity contribution in [3.63, 3.8) is 0 Å². The molecule has 1 heterocycles. The highest BCUT2D eigenvalue weighted by atomic mass is 16.5. The Morgan fingerprint density at radius 2 is 1.69 bits per heavy atom. The third kappa shape index (κ3) is 5.62. The zero-order chi connectivity index (χ0) is 23.3. The summed E-state index contributed by atoms with van der Waals surface area (Å²) >= 11 is 0. The van der Waals surface area contributed by atoms with Gasteiger partial charge < -0.3 is 25.2 Å². The number of hydrogen-bond donors (Lipinski definition) is 4. The minimum absolute atomic E-state index is 0.0930. The number of ether oxygens (including phenoxy) is 1. The molecule has 0 aromatic heterocycles. The van der Waals surface area contributed by atoms with Gasteiger partial charge in [-0.25, -0.2) is 0 Å². The predicted molar refractivity (Wildman–Crippen MR) is 121 cm³/mol. The van der Waals surface area contributed by atoms with Crippen LogP contribution in [0.2, 0.25) is 0 Å². The van der Waals surface area contributed by atoms with E-state index in [2.05, 4.69) is 12.1 Å². The summed E-state index contributed by atoms with van der Waals surface area (Å²) in [6, 6.07) is 16.0. The molecule has 0 spiro atoms. The molecule has 0 amide bonds. The van der Waals surface area contributed by atoms with Crippen molar-refractivity contribution in [1.29, 1.82) is 0 Å². The lowest BCUT2D eigenvalue weighted by molar-refractivity contribution is -0.144. The van der Waals surface area contributed by atoms with Gasteiger partial charge in [0, 0.05) is 12.1 Å². The number of aliphatic hydroxyl groups excluding tert-OH is 4. The third-order valence-corrected chi connectivity index (χ3v) is 5.65. The molecule has 32 heavy (non-hydrogen) atoms. The van der Waals surface area contributed by atoms with Crippen molar-refractivity contribution in [2.75, 3.05) is 20.1 Å². The maximum absolute atomic E-state index is 12.3. The zero-order valence-electron chi connectivity index (χ0n) is 18.4. The largest absolute Gasteiger partial charge is 0.488 e. The average Bonchev–Trinajstić information content (AvgIpc) is 2.94. The van der Waals surface area contributed by atoms with Crippen LogP contribution < -0.4 is 4.74 Å². The van der Waals surface area contributed by atoms with E-state index in [1.165, 1.54) is 6.92 Å². The van der Waals surface area contributed by atoms with Gasteiger partial charge in [-0.2, -0.15) is 0 Å². The number of hydrogen-bond acceptors (Lipinski definition) is 7. The highest BCUT2D eigenvalue weighted by Crippen LogP contribution is 2.36. The molecular weight excluding hydrogens is 410 g/mol. The van der Waals surface area contributed by atoms with Crippen molar-refractivity contribution >= 4 is 11.4 Å². The van der Waals surface area contributed by atoms with Crippen LogP contribution in [-0.2, 0) is 11.4 Å². The molecule has 2 aromatic rings. The molecule has 0 radical (unpaired) electrons. The Kier molecular flexibility index (Phi) is 8.17. The quantitative estimate of drug-likeness (QED) is 0.465. The van der Waals surface area contributed by atoms with Gasteiger partial charge in [0.25, 0.3) is 0 Å². The second-order valence-electron chi connectivity index (χ2n) is 8.22. The van der Waals surface area contributed by atoms with E-state index in [1.54, 1.807) is 11.9 Å². The summed E-state index contributed by atoms with van der Waals surface area (Å²) < 4.78 is 5.98. The van der Waals surface area contributed by atoms with Crippen molar-refractivity contribution in [3.8, 4) is 5.75 Å². The van der Waals surface area contributed by atoms with Crippen LogP contribution >= 0.6 is 0 Å². The topological polar surface area (TPSA) is 110 Å². The number of aliphatic hydroxyl groups is 4. The van der Waals surface area contributed by atoms with Crippen molar-refractivity contribution in [3.05, 3.63) is 71.3 Å². The number of fused-ring (bicyclic) bond motifs is 2. The smallest absolute Gasteiger partial charge is 0.177 e. The standard InChI is InChI=1S/C25H31NO6/c1-16(27)23(29)25(31)24(30)21(28)14-26(2)13-7-11-19-18-9-4-3-8-17(18)15-32-22-12-6-5-10-20(19)22/h3-6,8-12,16,23-25,27,29-31H,7,13-15H2,1-2H3/t16-,23-,24+,25+/m1/s1. The summed E-state index contributed by atoms with van der Waals surface area (Å²) in [6.07, 6.45) is -3.59. The number of Topliss-reactive ketones (excluding diaryl/α,β-unsaturated/α-hetero) is 1. The number of carbonyl (C=O) groups is 1. The van der Waals surface area contributed by atoms with Gasteiger partial charge in [-0.1, -0.05) is 48.5 Å². The monoisotopic (exact) mass is 441 g/mol. The molecular formula is C25H31NO6. The van der Waals surface area contributed by atoms with E-state index >= 15 is 0 Å². The summed E-state index contributed by atoms with van der Waals surface area (Å²) in [4.78, 5) is 14.0. The number of benzene rings is 2. The van der Waals surface area contributed by atoms with Crippen LogP contribution in [0.3, 0.4) is 0 Å². The Balaban J connectivity index is 1.67. The number of rotatable bonds is 9. The number of nitrogens with zero attached hydrogens (tertiary/aromatic N) is 1. The fourth-order valence-corrected chi connectivity index (χ4v) is 3.77. The van der Waals surface area contributed by atoms with E-state index in [1.807, 2.05) is 42.5 Å². The normalized spacial score (nSPS) is 18.2. The van der Waals surface area contributed by atoms with E-state index < -0.39 is 30.2 Å². The molecule has 4 N–H and O–H groups in total. The number of ketones is 1. The van der Waals surface area contributed by atoms with E-state index in [0.29, 0.717) is 19.6 Å². The molecule has 7 heteroatoms. The van der Waals surface area contributed by atoms with Crippen LogP contribution in [0.4, 0.5) is 0 Å². The molecule has 7 nitrogen and oxygen atoms in total. The van der Waals surface area contributed by atoms with E-state index in [0.717, 1.165) is 28.0 Å². The highest BCUT2D eigenvalue weighted by molar-refractivity contribution is 5.86. The lowest BCUT2D eigenvalue weighted by atomic mass is 9.93. The lowest BCUT2D eigenvalue weighted by Crippen LogP contribution is -2.49. The average molecular weight is 442 g/mol. The first-order valence-electron chi connectivity index (χ1n) is 10.7. The van der Waals surface area contributed by atoms with Gasteiger partial charge in [0.2, 0.25) is 0 Å². The maximum atomic E-state index is 12.3. The summed E-state index contributed by atoms with van der Waals surface area (Å²) in [5, 5.41) is 38.9. The molecule has 0 saturated heterocycles. The van der Waals surface area contributed by atoms with Crippen LogP contribution in [-0.4, -0.2) is 75.7 Å². The second-order valence-corrected chi connectivity index (χ2v) is 8.22. The Labute approximate surface area is 188 Å². The van der Waals surface area contributed by atoms with E-state index in [9.17, 15) is 25.2 Å². The minimum atomic E-state index is -1.77. The van der Waals surface area contributed by atoms with Gasteiger partial charge in [-0.3, -0.25) is 9.69 Å². The number of likely N-dealkylation sites (N-methyl/N-ethyl adjacent to an activating group) is 1. The summed E-state index contributed by atoms with van der Waals surface area (Å²) in [5.41, 5.74) is 4.31. The molecule has 3 rings (SSSR count). The Bertz CT molecular complexity index is 907. The fourth-order valence-electron chi connectivity index (χ4n) is 3.77. The number of carbonyl (C=O) groups excluding carboxylic acids is 1. The summed E-state index contributed by atoms with van der Waals surface area (Å²) in [7, 11) is 1.75. The molecule has 2 aromatic carbocycles. The highest BCUT2D eigenvalue weighted by Gasteiger charge is 2.32. The Morgan fingerprint density at radius 3 is 2.41 bits per heavy atom. The third-order valence-electron chi connectivity index (χ3n) is 5.65. The molecule has 1 aliphatic rings. The van der Waals surface area contributed by atoms with Crippen molar-refractivity contribution in [2.45, 2.75) is 44.4 Å². The van der Waals surface area contributed by atoms with Gasteiger partial charge in [0.1, 0.15) is 30.7 Å². The van der Waals surface area contributed by atoms with Crippen LogP contribution in [0.1, 0.15) is 30.0 Å². The van der Waals surface area contributed by atoms with Gasteiger partial charge in [-0.05, 0) is 43.2 Å². The molecule has 0 unspecified atom stereocenters. The first kappa shape index (κ1) is 24.1. The molecule has 0 saturated carbocycles. The van der Waals surface area contributed by atoms with Crippen LogP contribution in [0.25, 0.3) is 5.57 Å². The van der Waals surface area contributed by atoms with Crippen LogP contribution in [0.15, 0.2) is 54.6 Å². The van der Waals surface area contributed by atoms with E-state index in [-0.39, 0.29) is 6.54 Å². The maximum Gasteiger partial charge on any atom is 0.177 e. The van der Waals surface area contributed by atoms with Crippen LogP contribution in [0.5, 0.6) is 5.75 Å². The van der Waals surface area contributed by atoms with Crippen molar-refractivity contribution in [2.24, 2.45) is 0 Å². The summed E-state index contributed by atoms with van der Waals surface area (Å²) in [5.74, 6) is 0.207. The Hall–Kier alpha value is -2.55.